The normalized spacial score (nSPS) is 19.1. The Kier molecular flexibility index (Phi) is 2.79. The topological polar surface area (TPSA) is 89.9 Å². The third kappa shape index (κ3) is 1.97. The highest BCUT2D eigenvalue weighted by Crippen LogP contribution is 2.20. The maximum atomic E-state index is 8.06. The smallest absolute Gasteiger partial charge is 0.153 e. The number of aromatic nitrogens is 1. The van der Waals surface area contributed by atoms with E-state index in [1.807, 2.05) is 0 Å². The summed E-state index contributed by atoms with van der Waals surface area (Å²) in [5, 5.41) is 15.9. The molecule has 0 amide bonds. The lowest BCUT2D eigenvalue weighted by atomic mass is 10.2. The number of amidine groups is 2. The Morgan fingerprint density at radius 2 is 2.35 bits per heavy atom. The van der Waals surface area contributed by atoms with Crippen LogP contribution in [-0.2, 0) is 0 Å². The number of nitrogen functional groups attached to an aromatic ring is 1. The summed E-state index contributed by atoms with van der Waals surface area (Å²) in [5.74, 6) is 3.46. The van der Waals surface area contributed by atoms with E-state index < -0.39 is 0 Å². The molecule has 0 aromatic carbocycles. The Morgan fingerprint density at radius 1 is 1.59 bits per heavy atom. The number of anilines is 1. The molecule has 1 unspecified atom stereocenters. The highest BCUT2D eigenvalue weighted by Gasteiger charge is 2.30. The molecule has 0 radical (unpaired) electrons. The van der Waals surface area contributed by atoms with Crippen molar-refractivity contribution in [1.82, 2.24) is 9.88 Å². The van der Waals surface area contributed by atoms with Crippen molar-refractivity contribution < 1.29 is 0 Å². The predicted octanol–water partition coefficient (Wildman–Crippen LogP) is 1.06. The summed E-state index contributed by atoms with van der Waals surface area (Å²) < 4.78 is 0. The molecule has 1 aliphatic heterocycles. The number of likely N-dealkylation sites (tertiary alicyclic amines) is 1. The Labute approximate surface area is 99.7 Å². The van der Waals surface area contributed by atoms with Crippen LogP contribution in [0.5, 0.6) is 0 Å². The fourth-order valence-electron chi connectivity index (χ4n) is 1.87. The average Bonchev–Trinajstić information content (AvgIpc) is 2.69. The SMILES string of the molecule is C#CC1CCC(=N)N1C(=N)c1cccc(N)n1. The lowest BCUT2D eigenvalue weighted by molar-refractivity contribution is 0.556. The van der Waals surface area contributed by atoms with Crippen molar-refractivity contribution in [2.24, 2.45) is 0 Å². The first kappa shape index (κ1) is 11.1. The fourth-order valence-corrected chi connectivity index (χ4v) is 1.87. The van der Waals surface area contributed by atoms with E-state index in [1.165, 1.54) is 4.90 Å². The second-order valence-electron chi connectivity index (χ2n) is 3.83. The van der Waals surface area contributed by atoms with E-state index in [1.54, 1.807) is 18.2 Å². The van der Waals surface area contributed by atoms with E-state index in [0.29, 0.717) is 30.2 Å². The molecule has 1 fully saturated rings. The first-order valence-electron chi connectivity index (χ1n) is 5.27. The van der Waals surface area contributed by atoms with Crippen molar-refractivity contribution in [1.29, 1.82) is 10.8 Å². The number of rotatable bonds is 1. The molecule has 5 heteroatoms. The number of nitrogens with one attached hydrogen (secondary N) is 2. The second-order valence-corrected chi connectivity index (χ2v) is 3.83. The largest absolute Gasteiger partial charge is 0.384 e. The standard InChI is InChI=1S/C12H13N5/c1-2-8-6-7-11(14)17(8)12(15)9-4-3-5-10(13)16-9/h1,3-5,8,14-15H,6-7H2,(H2,13,16). The molecule has 2 rings (SSSR count). The van der Waals surface area contributed by atoms with Crippen molar-refractivity contribution in [2.75, 3.05) is 5.73 Å². The van der Waals surface area contributed by atoms with Crippen LogP contribution < -0.4 is 5.73 Å². The van der Waals surface area contributed by atoms with E-state index in [2.05, 4.69) is 10.9 Å². The molecular formula is C12H13N5. The van der Waals surface area contributed by atoms with Gasteiger partial charge in [0, 0.05) is 6.42 Å². The summed E-state index contributed by atoms with van der Waals surface area (Å²) in [4.78, 5) is 5.60. The molecule has 0 aliphatic carbocycles. The number of hydrogen-bond acceptors (Lipinski definition) is 4. The van der Waals surface area contributed by atoms with E-state index in [9.17, 15) is 0 Å². The van der Waals surface area contributed by atoms with Gasteiger partial charge in [-0.15, -0.1) is 6.42 Å². The molecule has 1 aliphatic rings. The molecule has 1 atom stereocenters. The molecule has 0 bridgehead atoms. The number of terminal acetylenes is 1. The molecule has 1 saturated heterocycles. The molecular weight excluding hydrogens is 214 g/mol. The van der Waals surface area contributed by atoms with Crippen LogP contribution in [0, 0.1) is 23.2 Å². The Morgan fingerprint density at radius 3 is 3.00 bits per heavy atom. The summed E-state index contributed by atoms with van der Waals surface area (Å²) in [5.41, 5.74) is 6.02. The van der Waals surface area contributed by atoms with Crippen LogP contribution in [0.25, 0.3) is 0 Å². The van der Waals surface area contributed by atoms with Crippen molar-refractivity contribution in [3.8, 4) is 12.3 Å². The average molecular weight is 227 g/mol. The van der Waals surface area contributed by atoms with Crippen LogP contribution in [-0.4, -0.2) is 27.6 Å². The first-order chi connectivity index (χ1) is 8.13. The number of nitrogens with zero attached hydrogens (tertiary/aromatic N) is 2. The first-order valence-corrected chi connectivity index (χ1v) is 5.27. The van der Waals surface area contributed by atoms with Gasteiger partial charge in [0.15, 0.2) is 5.84 Å². The van der Waals surface area contributed by atoms with Gasteiger partial charge < -0.3 is 5.73 Å². The molecule has 5 nitrogen and oxygen atoms in total. The van der Waals surface area contributed by atoms with Crippen LogP contribution in [0.1, 0.15) is 18.5 Å². The molecule has 17 heavy (non-hydrogen) atoms. The van der Waals surface area contributed by atoms with Crippen molar-refractivity contribution in [3.05, 3.63) is 23.9 Å². The number of hydrogen-bond donors (Lipinski definition) is 3. The maximum Gasteiger partial charge on any atom is 0.153 e. The van der Waals surface area contributed by atoms with Gasteiger partial charge in [0.1, 0.15) is 17.3 Å². The number of pyridine rings is 1. The molecule has 1 aromatic rings. The summed E-state index contributed by atoms with van der Waals surface area (Å²) >= 11 is 0. The van der Waals surface area contributed by atoms with Crippen molar-refractivity contribution in [2.45, 2.75) is 18.9 Å². The van der Waals surface area contributed by atoms with Gasteiger partial charge in [0.25, 0.3) is 0 Å². The third-order valence-corrected chi connectivity index (χ3v) is 2.70. The minimum Gasteiger partial charge on any atom is -0.384 e. The third-order valence-electron chi connectivity index (χ3n) is 2.70. The minimum absolute atomic E-state index is 0.141. The van der Waals surface area contributed by atoms with Gasteiger partial charge >= 0.3 is 0 Å². The lowest BCUT2D eigenvalue weighted by Crippen LogP contribution is -2.38. The van der Waals surface area contributed by atoms with Gasteiger partial charge in [-0.2, -0.15) is 0 Å². The lowest BCUT2D eigenvalue weighted by Gasteiger charge is -2.22. The van der Waals surface area contributed by atoms with Gasteiger partial charge in [-0.25, -0.2) is 4.98 Å². The summed E-state index contributed by atoms with van der Waals surface area (Å²) in [6.07, 6.45) is 6.71. The van der Waals surface area contributed by atoms with Crippen LogP contribution in [0.3, 0.4) is 0 Å². The van der Waals surface area contributed by atoms with E-state index in [4.69, 9.17) is 23.0 Å². The highest BCUT2D eigenvalue weighted by atomic mass is 15.3. The molecule has 0 saturated carbocycles. The van der Waals surface area contributed by atoms with Gasteiger partial charge in [-0.05, 0) is 18.6 Å². The molecule has 86 valence electrons. The van der Waals surface area contributed by atoms with Crippen LogP contribution in [0.4, 0.5) is 5.82 Å². The summed E-state index contributed by atoms with van der Waals surface area (Å²) in [6.45, 7) is 0. The quantitative estimate of drug-likeness (QED) is 0.381. The minimum atomic E-state index is -0.224. The zero-order valence-corrected chi connectivity index (χ0v) is 9.27. The van der Waals surface area contributed by atoms with Gasteiger partial charge in [-0.3, -0.25) is 15.7 Å². The van der Waals surface area contributed by atoms with E-state index in [-0.39, 0.29) is 11.9 Å². The predicted molar refractivity (Wildman–Crippen MR) is 66.9 cm³/mol. The zero-order chi connectivity index (χ0) is 12.4. The highest BCUT2D eigenvalue weighted by molar-refractivity contribution is 6.07. The van der Waals surface area contributed by atoms with E-state index in [0.717, 1.165) is 0 Å². The van der Waals surface area contributed by atoms with E-state index >= 15 is 0 Å². The van der Waals surface area contributed by atoms with Crippen LogP contribution in [0.15, 0.2) is 18.2 Å². The fraction of sp³-hybridized carbons (Fsp3) is 0.250. The molecule has 0 spiro atoms. The van der Waals surface area contributed by atoms with Crippen molar-refractivity contribution >= 4 is 17.5 Å². The Hall–Kier alpha value is -2.35. The Bertz CT molecular complexity index is 514. The second kappa shape index (κ2) is 4.26. The van der Waals surface area contributed by atoms with Crippen molar-refractivity contribution in [3.63, 3.8) is 0 Å². The Balaban J connectivity index is 2.31. The maximum absolute atomic E-state index is 8.06. The van der Waals surface area contributed by atoms with Gasteiger partial charge in [0.2, 0.25) is 0 Å². The summed E-state index contributed by atoms with van der Waals surface area (Å²) in [6, 6.07) is 4.86. The molecule has 4 N–H and O–H groups in total. The van der Waals surface area contributed by atoms with Crippen LogP contribution in [0.2, 0.25) is 0 Å². The van der Waals surface area contributed by atoms with Gasteiger partial charge in [-0.1, -0.05) is 12.0 Å². The molecule has 1 aromatic heterocycles. The molecule has 2 heterocycles. The number of nitrogens with two attached hydrogens (primary N) is 1. The summed E-state index contributed by atoms with van der Waals surface area (Å²) in [7, 11) is 0. The zero-order valence-electron chi connectivity index (χ0n) is 9.27. The van der Waals surface area contributed by atoms with Gasteiger partial charge in [0.05, 0.1) is 6.04 Å². The monoisotopic (exact) mass is 227 g/mol. The van der Waals surface area contributed by atoms with Crippen LogP contribution >= 0.6 is 0 Å².